The van der Waals surface area contributed by atoms with Gasteiger partial charge < -0.3 is 25.5 Å². The zero-order chi connectivity index (χ0) is 31.7. The van der Waals surface area contributed by atoms with Crippen molar-refractivity contribution in [3.8, 4) is 0 Å². The van der Waals surface area contributed by atoms with Crippen LogP contribution in [0.15, 0.2) is 78.9 Å². The number of nitrogens with one attached hydrogen (secondary N) is 1. The van der Waals surface area contributed by atoms with E-state index >= 15 is 0 Å². The second-order valence-corrected chi connectivity index (χ2v) is 11.6. The molecule has 5 aromatic rings. The van der Waals surface area contributed by atoms with E-state index in [4.69, 9.17) is 10.8 Å². The molecule has 45 heavy (non-hydrogen) atoms. The van der Waals surface area contributed by atoms with Crippen LogP contribution in [0.5, 0.6) is 0 Å². The zero-order valence-corrected chi connectivity index (χ0v) is 25.0. The van der Waals surface area contributed by atoms with Gasteiger partial charge in [-0.25, -0.2) is 9.59 Å². The number of aromatic carboxylic acids is 2. The number of primary amides is 1. The summed E-state index contributed by atoms with van der Waals surface area (Å²) >= 11 is 0. The van der Waals surface area contributed by atoms with Crippen molar-refractivity contribution in [2.75, 3.05) is 0 Å². The summed E-state index contributed by atoms with van der Waals surface area (Å²) in [5.41, 5.74) is 13.7. The van der Waals surface area contributed by atoms with E-state index in [1.165, 1.54) is 11.3 Å². The molecule has 0 fully saturated rings. The molecule has 0 radical (unpaired) electrons. The number of carbonyl (C=O) groups excluding carboxylic acids is 1. The number of nitrogens with two attached hydrogens (primary N) is 1. The Labute approximate surface area is 260 Å². The van der Waals surface area contributed by atoms with Gasteiger partial charge in [-0.1, -0.05) is 61.5 Å². The van der Waals surface area contributed by atoms with Crippen LogP contribution in [-0.2, 0) is 19.4 Å². The summed E-state index contributed by atoms with van der Waals surface area (Å²) in [7, 11) is 0. The first-order valence-electron chi connectivity index (χ1n) is 15.2. The molecule has 3 aromatic carbocycles. The first-order valence-corrected chi connectivity index (χ1v) is 15.2. The lowest BCUT2D eigenvalue weighted by molar-refractivity contribution is 0.0687. The maximum Gasteiger partial charge on any atom is 0.337 e. The van der Waals surface area contributed by atoms with Gasteiger partial charge in [-0.3, -0.25) is 4.79 Å². The van der Waals surface area contributed by atoms with E-state index in [2.05, 4.69) is 22.6 Å². The maximum absolute atomic E-state index is 12.0. The Kier molecular flexibility index (Phi) is 8.13. The number of aromatic amines is 1. The molecule has 8 heteroatoms. The van der Waals surface area contributed by atoms with E-state index in [-0.39, 0.29) is 0 Å². The van der Waals surface area contributed by atoms with Crippen molar-refractivity contribution < 1.29 is 24.6 Å². The Morgan fingerprint density at radius 3 is 2.40 bits per heavy atom. The van der Waals surface area contributed by atoms with Crippen LogP contribution in [0.2, 0.25) is 0 Å². The highest BCUT2D eigenvalue weighted by Gasteiger charge is 2.29. The summed E-state index contributed by atoms with van der Waals surface area (Å²) in [4.78, 5) is 37.9. The number of carbonyl (C=O) groups is 3. The minimum Gasteiger partial charge on any atom is -0.478 e. The molecule has 0 aliphatic heterocycles. The van der Waals surface area contributed by atoms with Crippen LogP contribution in [-0.4, -0.2) is 37.6 Å². The van der Waals surface area contributed by atoms with Gasteiger partial charge in [-0.05, 0) is 85.1 Å². The zero-order valence-electron chi connectivity index (χ0n) is 25.0. The fraction of sp³-hybridized carbons (Fsp3) is 0.216. The Morgan fingerprint density at radius 2 is 1.67 bits per heavy atom. The summed E-state index contributed by atoms with van der Waals surface area (Å²) < 4.78 is 2.17. The van der Waals surface area contributed by atoms with Crippen LogP contribution in [0.1, 0.15) is 91.3 Å². The predicted molar refractivity (Wildman–Crippen MR) is 176 cm³/mol. The topological polar surface area (TPSA) is 138 Å². The fourth-order valence-electron chi connectivity index (χ4n) is 6.88. The van der Waals surface area contributed by atoms with E-state index in [0.29, 0.717) is 34.7 Å². The first-order chi connectivity index (χ1) is 21.8. The van der Waals surface area contributed by atoms with Crippen molar-refractivity contribution >= 4 is 45.7 Å². The number of aromatic nitrogens is 2. The molecule has 2 aromatic heterocycles. The van der Waals surface area contributed by atoms with Crippen LogP contribution in [0.4, 0.5) is 0 Å². The fourth-order valence-corrected chi connectivity index (χ4v) is 6.88. The molecule has 2 heterocycles. The number of aryl methyl sites for hydroxylation is 1. The minimum absolute atomic E-state index is 0.327. The molecule has 2 aliphatic carbocycles. The molecule has 0 spiro atoms. The van der Waals surface area contributed by atoms with Crippen LogP contribution in [0.3, 0.4) is 0 Å². The molecule has 1 unspecified atom stereocenters. The summed E-state index contributed by atoms with van der Waals surface area (Å²) in [6, 6.07) is 18.2. The molecule has 8 nitrogen and oxygen atoms in total. The number of H-pyrrole nitrogens is 1. The van der Waals surface area contributed by atoms with Gasteiger partial charge in [-0.2, -0.15) is 0 Å². The number of benzene rings is 3. The molecule has 0 saturated heterocycles. The number of hydrogen-bond acceptors (Lipinski definition) is 3. The number of nitrogens with zero attached hydrogens (tertiary/aromatic N) is 1. The van der Waals surface area contributed by atoms with E-state index < -0.39 is 17.8 Å². The Morgan fingerprint density at radius 1 is 0.933 bits per heavy atom. The predicted octanol–water partition coefficient (Wildman–Crippen LogP) is 7.31. The summed E-state index contributed by atoms with van der Waals surface area (Å²) in [6.07, 6.45) is 13.1. The van der Waals surface area contributed by atoms with E-state index in [0.717, 1.165) is 65.2 Å². The van der Waals surface area contributed by atoms with Gasteiger partial charge in [0, 0.05) is 34.3 Å². The molecule has 0 bridgehead atoms. The van der Waals surface area contributed by atoms with Gasteiger partial charge in [0.15, 0.2) is 0 Å². The quantitative estimate of drug-likeness (QED) is 0.162. The molecule has 7 rings (SSSR count). The number of amides is 1. The van der Waals surface area contributed by atoms with Gasteiger partial charge in [0.05, 0.1) is 22.2 Å². The van der Waals surface area contributed by atoms with Crippen LogP contribution in [0, 0.1) is 0 Å². The molecule has 1 atom stereocenters. The molecule has 2 aliphatic rings. The molecular weight excluding hydrogens is 566 g/mol. The normalized spacial score (nSPS) is 15.2. The van der Waals surface area contributed by atoms with Crippen molar-refractivity contribution in [3.05, 3.63) is 124 Å². The third kappa shape index (κ3) is 5.55. The molecule has 1 amide bonds. The summed E-state index contributed by atoms with van der Waals surface area (Å²) in [6.45, 7) is 2.71. The van der Waals surface area contributed by atoms with E-state index in [9.17, 15) is 19.5 Å². The highest BCUT2D eigenvalue weighted by atomic mass is 16.4. The van der Waals surface area contributed by atoms with Gasteiger partial charge in [0.2, 0.25) is 5.91 Å². The standard InChI is InChI=1S/C23H24N2O3.C14H11NO2/c1-2-15-7-4-9-17-18-10-5-11-19(23(27)28)21(18)25(20(15)17)13-14-6-3-8-16(12-14)22(24)26;16-14(17)11-7-4-6-10-9-5-2-1-3-8-12(9)15-13(10)11/h3,5-6,8,10-12,15H,2,4,7,9,13H2,1H3,(H2,24,26)(H,27,28);1-4,6-8,15H,5H2,(H,16,17). The van der Waals surface area contributed by atoms with Gasteiger partial charge in [-0.15, -0.1) is 0 Å². The lowest BCUT2D eigenvalue weighted by atomic mass is 9.85. The van der Waals surface area contributed by atoms with Crippen LogP contribution >= 0.6 is 0 Å². The number of fused-ring (bicyclic) bond motifs is 6. The number of para-hydroxylation sites is 2. The average molecular weight is 602 g/mol. The van der Waals surface area contributed by atoms with Crippen LogP contribution < -0.4 is 5.73 Å². The summed E-state index contributed by atoms with van der Waals surface area (Å²) in [5, 5.41) is 21.0. The Hall–Kier alpha value is -5.37. The lowest BCUT2D eigenvalue weighted by Gasteiger charge is -2.25. The average Bonchev–Trinajstić information content (AvgIpc) is 3.45. The number of rotatable bonds is 6. The largest absolute Gasteiger partial charge is 0.478 e. The van der Waals surface area contributed by atoms with Gasteiger partial charge in [0.1, 0.15) is 0 Å². The summed E-state index contributed by atoms with van der Waals surface area (Å²) in [5.74, 6) is -1.86. The third-order valence-corrected chi connectivity index (χ3v) is 8.91. The van der Waals surface area contributed by atoms with Crippen molar-refractivity contribution in [1.29, 1.82) is 0 Å². The molecule has 0 saturated carbocycles. The number of hydrogen-bond donors (Lipinski definition) is 4. The van der Waals surface area contributed by atoms with Gasteiger partial charge >= 0.3 is 11.9 Å². The minimum atomic E-state index is -0.916. The smallest absolute Gasteiger partial charge is 0.337 e. The van der Waals surface area contributed by atoms with E-state index in [1.807, 2.05) is 48.6 Å². The highest BCUT2D eigenvalue weighted by Crippen LogP contribution is 2.41. The molecule has 5 N–H and O–H groups in total. The second-order valence-electron chi connectivity index (χ2n) is 11.6. The Balaban J connectivity index is 0.000000179. The monoisotopic (exact) mass is 601 g/mol. The molecular formula is C37H35N3O5. The van der Waals surface area contributed by atoms with Crippen molar-refractivity contribution in [3.63, 3.8) is 0 Å². The highest BCUT2D eigenvalue weighted by molar-refractivity contribution is 6.05. The van der Waals surface area contributed by atoms with E-state index in [1.54, 1.807) is 30.3 Å². The van der Waals surface area contributed by atoms with Crippen molar-refractivity contribution in [2.45, 2.75) is 51.5 Å². The Bertz CT molecular complexity index is 2030. The maximum atomic E-state index is 12.0. The first kappa shape index (κ1) is 29.7. The number of allylic oxidation sites excluding steroid dienone is 3. The number of carboxylic acids is 2. The van der Waals surface area contributed by atoms with Crippen molar-refractivity contribution in [1.82, 2.24) is 9.55 Å². The lowest BCUT2D eigenvalue weighted by Crippen LogP contribution is -2.16. The second kappa shape index (κ2) is 12.3. The number of carboxylic acid groups (broad SMARTS) is 2. The molecule has 228 valence electrons. The van der Waals surface area contributed by atoms with Crippen LogP contribution in [0.25, 0.3) is 27.9 Å². The third-order valence-electron chi connectivity index (χ3n) is 8.91. The SMILES string of the molecule is CCC1CCCc2c1n(Cc1cccc(C(N)=O)c1)c1c(C(=O)O)cccc21.O=C(O)c1cccc2c3c([nH]c12)C=CC=CC3. The van der Waals surface area contributed by atoms with Gasteiger partial charge in [0.25, 0.3) is 0 Å². The van der Waals surface area contributed by atoms with Crippen molar-refractivity contribution in [2.24, 2.45) is 5.73 Å².